The monoisotopic (exact) mass is 245 g/mol. The Balaban J connectivity index is 2.29. The number of nitrogens with zero attached hydrogens (tertiary/aromatic N) is 1. The summed E-state index contributed by atoms with van der Waals surface area (Å²) in [5.74, 6) is -0.327. The van der Waals surface area contributed by atoms with Gasteiger partial charge in [-0.2, -0.15) is 0 Å². The van der Waals surface area contributed by atoms with Crippen LogP contribution in [0.5, 0.6) is 0 Å². The quantitative estimate of drug-likeness (QED) is 0.752. The largest absolute Gasteiger partial charge is 0.446 e. The molecule has 1 aliphatic rings. The van der Waals surface area contributed by atoms with Gasteiger partial charge in [-0.1, -0.05) is 35.9 Å². The van der Waals surface area contributed by atoms with Gasteiger partial charge in [0.2, 0.25) is 0 Å². The first kappa shape index (κ1) is 12.4. The van der Waals surface area contributed by atoms with Gasteiger partial charge in [-0.05, 0) is 19.4 Å². The van der Waals surface area contributed by atoms with Crippen LogP contribution in [0.4, 0.5) is 4.79 Å². The van der Waals surface area contributed by atoms with Crippen LogP contribution in [0.1, 0.15) is 25.5 Å². The fourth-order valence-corrected chi connectivity index (χ4v) is 1.90. The van der Waals surface area contributed by atoms with Crippen LogP contribution in [0.15, 0.2) is 42.0 Å². The summed E-state index contributed by atoms with van der Waals surface area (Å²) in [4.78, 5) is 24.8. The molecule has 0 aliphatic carbocycles. The molecule has 1 aromatic carbocycles. The maximum atomic E-state index is 12.0. The van der Waals surface area contributed by atoms with E-state index in [1.165, 1.54) is 11.0 Å². The molecule has 0 saturated carbocycles. The Hall–Kier alpha value is -2.10. The topological polar surface area (TPSA) is 46.6 Å². The van der Waals surface area contributed by atoms with Gasteiger partial charge in [-0.25, -0.2) is 9.69 Å². The number of rotatable bonds is 2. The number of benzene rings is 1. The number of carbonyl (C=O) groups is 2. The van der Waals surface area contributed by atoms with Crippen molar-refractivity contribution in [3.63, 3.8) is 0 Å². The lowest BCUT2D eigenvalue weighted by molar-refractivity contribution is -0.124. The molecule has 1 heterocycles. The van der Waals surface area contributed by atoms with Crippen molar-refractivity contribution in [1.29, 1.82) is 0 Å². The zero-order valence-electron chi connectivity index (χ0n) is 10.4. The maximum absolute atomic E-state index is 12.0. The molecule has 0 unspecified atom stereocenters. The smallest absolute Gasteiger partial charge is 0.417 e. The minimum atomic E-state index is -0.577. The third-order valence-electron chi connectivity index (χ3n) is 2.71. The molecule has 4 nitrogen and oxygen atoms in total. The second kappa shape index (κ2) is 5.04. The molecule has 0 spiro atoms. The van der Waals surface area contributed by atoms with Crippen molar-refractivity contribution < 1.29 is 14.3 Å². The van der Waals surface area contributed by atoms with Crippen LogP contribution in [0.2, 0.25) is 0 Å². The molecule has 1 fully saturated rings. The predicted molar refractivity (Wildman–Crippen MR) is 66.8 cm³/mol. The molecule has 0 aromatic heterocycles. The Bertz CT molecular complexity index is 489. The third kappa shape index (κ3) is 2.42. The van der Waals surface area contributed by atoms with Crippen molar-refractivity contribution in [1.82, 2.24) is 4.90 Å². The molecule has 94 valence electrons. The summed E-state index contributed by atoms with van der Waals surface area (Å²) in [7, 11) is 0. The summed E-state index contributed by atoms with van der Waals surface area (Å²) < 4.78 is 4.97. The lowest BCUT2D eigenvalue weighted by Crippen LogP contribution is -2.33. The molecule has 0 N–H and O–H groups in total. The van der Waals surface area contributed by atoms with Crippen molar-refractivity contribution in [3.8, 4) is 0 Å². The van der Waals surface area contributed by atoms with E-state index in [1.807, 2.05) is 44.2 Å². The number of amides is 2. The summed E-state index contributed by atoms with van der Waals surface area (Å²) in [5, 5.41) is 0. The predicted octanol–water partition coefficient (Wildman–Crippen LogP) is 2.67. The van der Waals surface area contributed by atoms with E-state index in [0.717, 1.165) is 11.1 Å². The van der Waals surface area contributed by atoms with Crippen molar-refractivity contribution in [2.75, 3.05) is 6.61 Å². The highest BCUT2D eigenvalue weighted by molar-refractivity contribution is 6.00. The Morgan fingerprint density at radius 1 is 1.33 bits per heavy atom. The molecule has 1 aliphatic heterocycles. The van der Waals surface area contributed by atoms with E-state index >= 15 is 0 Å². The molecule has 4 heteroatoms. The van der Waals surface area contributed by atoms with E-state index in [2.05, 4.69) is 0 Å². The van der Waals surface area contributed by atoms with Crippen LogP contribution in [0.25, 0.3) is 0 Å². The van der Waals surface area contributed by atoms with E-state index in [9.17, 15) is 9.59 Å². The molecule has 1 atom stereocenters. The normalized spacial score (nSPS) is 18.4. The molecule has 2 rings (SSSR count). The molecule has 1 saturated heterocycles. The summed E-state index contributed by atoms with van der Waals surface area (Å²) in [6.07, 6.45) is 0.869. The van der Waals surface area contributed by atoms with Crippen LogP contribution in [-0.4, -0.2) is 23.5 Å². The zero-order valence-corrected chi connectivity index (χ0v) is 10.4. The summed E-state index contributed by atoms with van der Waals surface area (Å²) in [6.45, 7) is 3.85. The minimum absolute atomic E-state index is 0.213. The minimum Gasteiger partial charge on any atom is -0.446 e. The van der Waals surface area contributed by atoms with Crippen molar-refractivity contribution in [3.05, 3.63) is 47.5 Å². The van der Waals surface area contributed by atoms with Crippen molar-refractivity contribution >= 4 is 12.0 Å². The van der Waals surface area contributed by atoms with Crippen LogP contribution in [0.3, 0.4) is 0 Å². The highest BCUT2D eigenvalue weighted by Crippen LogP contribution is 2.27. The Labute approximate surface area is 106 Å². The van der Waals surface area contributed by atoms with Gasteiger partial charge in [-0.15, -0.1) is 0 Å². The average Bonchev–Trinajstić information content (AvgIpc) is 2.71. The first-order chi connectivity index (χ1) is 8.59. The summed E-state index contributed by atoms with van der Waals surface area (Å²) in [6, 6.07) is 9.08. The van der Waals surface area contributed by atoms with Gasteiger partial charge in [-0.3, -0.25) is 4.79 Å². The number of hydrogen-bond donors (Lipinski definition) is 0. The standard InChI is InChI=1S/C14H15NO3/c1-10(2)8-13(16)15-12(9-18-14(15)17)11-6-4-3-5-7-11/h3-8,12H,9H2,1-2H3/t12-/m1/s1. The first-order valence-corrected chi connectivity index (χ1v) is 5.79. The van der Waals surface area contributed by atoms with Gasteiger partial charge in [0.1, 0.15) is 12.6 Å². The third-order valence-corrected chi connectivity index (χ3v) is 2.71. The maximum Gasteiger partial charge on any atom is 0.417 e. The molecular weight excluding hydrogens is 230 g/mol. The number of cyclic esters (lactones) is 1. The van der Waals surface area contributed by atoms with Gasteiger partial charge >= 0.3 is 6.09 Å². The van der Waals surface area contributed by atoms with E-state index in [0.29, 0.717) is 0 Å². The van der Waals surface area contributed by atoms with Gasteiger partial charge in [0.25, 0.3) is 5.91 Å². The van der Waals surface area contributed by atoms with Gasteiger partial charge < -0.3 is 4.74 Å². The molecule has 0 radical (unpaired) electrons. The van der Waals surface area contributed by atoms with E-state index < -0.39 is 6.09 Å². The molecule has 0 bridgehead atoms. The highest BCUT2D eigenvalue weighted by Gasteiger charge is 2.37. The van der Waals surface area contributed by atoms with Crippen LogP contribution in [0, 0.1) is 0 Å². The van der Waals surface area contributed by atoms with Gasteiger partial charge in [0.05, 0.1) is 0 Å². The van der Waals surface area contributed by atoms with E-state index in [-0.39, 0.29) is 18.6 Å². The Kier molecular flexibility index (Phi) is 3.46. The van der Waals surface area contributed by atoms with Crippen LogP contribution < -0.4 is 0 Å². The number of carbonyl (C=O) groups excluding carboxylic acids is 2. The first-order valence-electron chi connectivity index (χ1n) is 5.79. The molecule has 2 amide bonds. The van der Waals surface area contributed by atoms with Crippen molar-refractivity contribution in [2.45, 2.75) is 19.9 Å². The zero-order chi connectivity index (χ0) is 13.1. The fraction of sp³-hybridized carbons (Fsp3) is 0.286. The molecule has 18 heavy (non-hydrogen) atoms. The van der Waals surface area contributed by atoms with Gasteiger partial charge in [0, 0.05) is 6.08 Å². The second-order valence-corrected chi connectivity index (χ2v) is 4.43. The molecular formula is C14H15NO3. The van der Waals surface area contributed by atoms with Crippen molar-refractivity contribution in [2.24, 2.45) is 0 Å². The Morgan fingerprint density at radius 3 is 2.61 bits per heavy atom. The van der Waals surface area contributed by atoms with Crippen LogP contribution >= 0.6 is 0 Å². The number of imide groups is 1. The highest BCUT2D eigenvalue weighted by atomic mass is 16.6. The Morgan fingerprint density at radius 2 is 2.00 bits per heavy atom. The lowest BCUT2D eigenvalue weighted by Gasteiger charge is -2.18. The average molecular weight is 245 g/mol. The van der Waals surface area contributed by atoms with Gasteiger partial charge in [0.15, 0.2) is 0 Å². The molecule has 1 aromatic rings. The second-order valence-electron chi connectivity index (χ2n) is 4.43. The van der Waals surface area contributed by atoms with E-state index in [4.69, 9.17) is 4.74 Å². The number of ether oxygens (including phenoxy) is 1. The number of hydrogen-bond acceptors (Lipinski definition) is 3. The van der Waals surface area contributed by atoms with E-state index in [1.54, 1.807) is 0 Å². The summed E-state index contributed by atoms with van der Waals surface area (Å²) >= 11 is 0. The summed E-state index contributed by atoms with van der Waals surface area (Å²) in [5.41, 5.74) is 1.75. The SMILES string of the molecule is CC(C)=CC(=O)N1C(=O)OC[C@@H]1c1ccccc1. The number of allylic oxidation sites excluding steroid dienone is 1. The lowest BCUT2D eigenvalue weighted by atomic mass is 10.1. The van der Waals surface area contributed by atoms with Crippen LogP contribution in [-0.2, 0) is 9.53 Å². The fourth-order valence-electron chi connectivity index (χ4n) is 1.90.